The van der Waals surface area contributed by atoms with Crippen molar-refractivity contribution in [3.05, 3.63) is 118 Å². The van der Waals surface area contributed by atoms with Crippen molar-refractivity contribution in [1.29, 1.82) is 0 Å². The van der Waals surface area contributed by atoms with E-state index in [0.29, 0.717) is 5.17 Å². The molecule has 0 saturated carbocycles. The first-order valence-electron chi connectivity index (χ1n) is 13.2. The number of carbonyl (C=O) groups excluding carboxylic acids is 1. The number of amidine groups is 1. The van der Waals surface area contributed by atoms with E-state index in [1.165, 1.54) is 36.0 Å². The van der Waals surface area contributed by atoms with Gasteiger partial charge in [0.15, 0.2) is 5.17 Å². The third-order valence-corrected chi connectivity index (χ3v) is 7.76. The van der Waals surface area contributed by atoms with E-state index in [2.05, 4.69) is 11.4 Å². The number of hydrogen-bond acceptors (Lipinski definition) is 4. The predicted octanol–water partition coefficient (Wildman–Crippen LogP) is 7.66. The molecule has 0 radical (unpaired) electrons. The summed E-state index contributed by atoms with van der Waals surface area (Å²) >= 11 is 1.38. The average molecular weight is 544 g/mol. The zero-order valence-corrected chi connectivity index (χ0v) is 22.8. The second-order valence-electron chi connectivity index (χ2n) is 9.97. The lowest BCUT2D eigenvalue weighted by Crippen LogP contribution is -2.39. The summed E-state index contributed by atoms with van der Waals surface area (Å²) in [4.78, 5) is 20.2. The summed E-state index contributed by atoms with van der Waals surface area (Å²) in [6.07, 6.45) is 4.77. The van der Waals surface area contributed by atoms with E-state index in [1.807, 2.05) is 44.2 Å². The van der Waals surface area contributed by atoms with Crippen LogP contribution >= 0.6 is 11.8 Å². The summed E-state index contributed by atoms with van der Waals surface area (Å²) < 4.78 is 27.2. The zero-order chi connectivity index (χ0) is 27.4. The van der Waals surface area contributed by atoms with E-state index >= 15 is 0 Å². The molecule has 39 heavy (non-hydrogen) atoms. The molecule has 5 rings (SSSR count). The Balaban J connectivity index is 1.44. The van der Waals surface area contributed by atoms with Gasteiger partial charge in [0.05, 0.1) is 5.75 Å². The van der Waals surface area contributed by atoms with Crippen LogP contribution in [-0.2, 0) is 4.79 Å². The van der Waals surface area contributed by atoms with E-state index in [1.54, 1.807) is 29.2 Å². The lowest BCUT2D eigenvalue weighted by atomic mass is 9.84. The molecule has 1 atom stereocenters. The number of aliphatic imine (C=N–C) groups is 1. The SMILES string of the molecule is CC(C)N(C(=O)CSC1=N[C@@H](c2ccc(F)cc2)C2=C(N1)/C(=C/c1ccc(F)cc1)CCC2)c1ccccc1. The molecular weight excluding hydrogens is 512 g/mol. The summed E-state index contributed by atoms with van der Waals surface area (Å²) in [6, 6.07) is 22.3. The fraction of sp³-hybridized carbons (Fsp3) is 0.250. The lowest BCUT2D eigenvalue weighted by Gasteiger charge is -2.33. The third kappa shape index (κ3) is 6.31. The Morgan fingerprint density at radius 3 is 2.33 bits per heavy atom. The maximum Gasteiger partial charge on any atom is 0.237 e. The van der Waals surface area contributed by atoms with Gasteiger partial charge in [0.1, 0.15) is 17.7 Å². The van der Waals surface area contributed by atoms with Crippen LogP contribution < -0.4 is 10.2 Å². The molecule has 0 spiro atoms. The molecule has 4 nitrogen and oxygen atoms in total. The van der Waals surface area contributed by atoms with Gasteiger partial charge in [-0.1, -0.05) is 54.2 Å². The molecule has 1 N–H and O–H groups in total. The number of halogens is 2. The first-order valence-corrected chi connectivity index (χ1v) is 14.2. The van der Waals surface area contributed by atoms with E-state index in [-0.39, 0.29) is 35.4 Å². The quantitative estimate of drug-likeness (QED) is 0.347. The van der Waals surface area contributed by atoms with Gasteiger partial charge in [0.2, 0.25) is 5.91 Å². The van der Waals surface area contributed by atoms with Gasteiger partial charge in [-0.2, -0.15) is 0 Å². The van der Waals surface area contributed by atoms with E-state index in [4.69, 9.17) is 4.99 Å². The van der Waals surface area contributed by atoms with Crippen molar-refractivity contribution in [2.24, 2.45) is 4.99 Å². The molecule has 7 heteroatoms. The van der Waals surface area contributed by atoms with Crippen molar-refractivity contribution in [1.82, 2.24) is 5.32 Å². The maximum atomic E-state index is 13.7. The molecule has 0 unspecified atom stereocenters. The smallest absolute Gasteiger partial charge is 0.237 e. The number of hydrogen-bond donors (Lipinski definition) is 1. The second-order valence-corrected chi connectivity index (χ2v) is 10.9. The Morgan fingerprint density at radius 2 is 1.67 bits per heavy atom. The third-order valence-electron chi connectivity index (χ3n) is 6.89. The molecule has 1 amide bonds. The van der Waals surface area contributed by atoms with Crippen molar-refractivity contribution in [3.63, 3.8) is 0 Å². The molecule has 200 valence electrons. The molecule has 2 aliphatic rings. The minimum atomic E-state index is -0.290. The maximum absolute atomic E-state index is 13.7. The van der Waals surface area contributed by atoms with Gasteiger partial charge in [-0.15, -0.1) is 0 Å². The summed E-state index contributed by atoms with van der Waals surface area (Å²) in [7, 11) is 0. The number of nitrogens with zero attached hydrogens (tertiary/aromatic N) is 2. The van der Waals surface area contributed by atoms with E-state index in [9.17, 15) is 13.6 Å². The van der Waals surface area contributed by atoms with Gasteiger partial charge >= 0.3 is 0 Å². The average Bonchev–Trinajstić information content (AvgIpc) is 2.94. The Kier molecular flexibility index (Phi) is 8.27. The highest BCUT2D eigenvalue weighted by Gasteiger charge is 2.31. The van der Waals surface area contributed by atoms with Crippen molar-refractivity contribution >= 4 is 34.6 Å². The molecule has 3 aromatic rings. The summed E-state index contributed by atoms with van der Waals surface area (Å²) in [6.45, 7) is 4.00. The Bertz CT molecular complexity index is 1410. The Morgan fingerprint density at radius 1 is 1.00 bits per heavy atom. The number of amides is 1. The van der Waals surface area contributed by atoms with Crippen LogP contribution in [0.1, 0.15) is 50.3 Å². The molecule has 1 heterocycles. The highest BCUT2D eigenvalue weighted by molar-refractivity contribution is 8.14. The van der Waals surface area contributed by atoms with Crippen LogP contribution in [0.2, 0.25) is 0 Å². The first kappa shape index (κ1) is 26.9. The van der Waals surface area contributed by atoms with Crippen molar-refractivity contribution in [2.75, 3.05) is 10.7 Å². The fourth-order valence-electron chi connectivity index (χ4n) is 5.11. The number of thioether (sulfide) groups is 1. The van der Waals surface area contributed by atoms with E-state index < -0.39 is 0 Å². The van der Waals surface area contributed by atoms with Crippen molar-refractivity contribution < 1.29 is 13.6 Å². The molecule has 0 fully saturated rings. The van der Waals surface area contributed by atoms with Gasteiger partial charge in [-0.3, -0.25) is 4.79 Å². The standard InChI is InChI=1S/C32H31F2N3OS/c1-21(2)37(27-8-4-3-5-9-27)29(38)20-39-32-35-30(23-13-17-26(34)18-14-23)28-10-6-7-24(31(28)36-32)19-22-11-15-25(33)16-12-22/h3-5,8-9,11-19,21,30H,6-7,10,20H2,1-2H3,(H,35,36)/b24-19+/t30-/m0/s1. The zero-order valence-electron chi connectivity index (χ0n) is 22.0. The van der Waals surface area contributed by atoms with Crippen LogP contribution in [0.4, 0.5) is 14.5 Å². The number of nitrogens with one attached hydrogen (secondary N) is 1. The van der Waals surface area contributed by atoms with Gasteiger partial charge in [-0.25, -0.2) is 13.8 Å². The summed E-state index contributed by atoms with van der Waals surface area (Å²) in [5.41, 5.74) is 5.94. The van der Waals surface area contributed by atoms with Crippen molar-refractivity contribution in [2.45, 2.75) is 45.2 Å². The lowest BCUT2D eigenvalue weighted by molar-refractivity contribution is -0.116. The Labute approximate surface area is 232 Å². The van der Waals surface area contributed by atoms with Crippen molar-refractivity contribution in [3.8, 4) is 0 Å². The fourth-order valence-corrected chi connectivity index (χ4v) is 5.86. The second kappa shape index (κ2) is 12.0. The molecule has 0 saturated heterocycles. The van der Waals surface area contributed by atoms with Crippen LogP contribution in [0.5, 0.6) is 0 Å². The number of rotatable bonds is 6. The van der Waals surface area contributed by atoms with Crippen LogP contribution in [0.15, 0.2) is 101 Å². The molecule has 0 bridgehead atoms. The van der Waals surface area contributed by atoms with E-state index in [0.717, 1.165) is 52.9 Å². The molecule has 1 aliphatic carbocycles. The van der Waals surface area contributed by atoms with Crippen LogP contribution in [0, 0.1) is 11.6 Å². The van der Waals surface area contributed by atoms with Gasteiger partial charge in [0.25, 0.3) is 0 Å². The Hall–Kier alpha value is -3.71. The monoisotopic (exact) mass is 543 g/mol. The van der Waals surface area contributed by atoms with Gasteiger partial charge in [-0.05, 0) is 97.9 Å². The number of anilines is 1. The minimum absolute atomic E-state index is 0.00506. The predicted molar refractivity (Wildman–Crippen MR) is 156 cm³/mol. The van der Waals surface area contributed by atoms with Gasteiger partial charge < -0.3 is 10.2 Å². The summed E-state index contributed by atoms with van der Waals surface area (Å²) in [5.74, 6) is -0.348. The molecule has 0 aromatic heterocycles. The molecule has 1 aliphatic heterocycles. The summed E-state index contributed by atoms with van der Waals surface area (Å²) in [5, 5.41) is 4.17. The number of carbonyl (C=O) groups is 1. The van der Waals surface area contributed by atoms with Crippen LogP contribution in [-0.4, -0.2) is 22.9 Å². The minimum Gasteiger partial charge on any atom is -0.335 e. The number of allylic oxidation sites excluding steroid dienone is 1. The molecule has 3 aromatic carbocycles. The normalized spacial score (nSPS) is 18.0. The van der Waals surface area contributed by atoms with Crippen LogP contribution in [0.25, 0.3) is 6.08 Å². The number of benzene rings is 3. The first-order chi connectivity index (χ1) is 18.9. The highest BCUT2D eigenvalue weighted by Crippen LogP contribution is 2.41. The molecular formula is C32H31F2N3OS. The largest absolute Gasteiger partial charge is 0.335 e. The van der Waals surface area contributed by atoms with Gasteiger partial charge in [0, 0.05) is 17.4 Å². The topological polar surface area (TPSA) is 44.7 Å². The van der Waals surface area contributed by atoms with Crippen LogP contribution in [0.3, 0.4) is 0 Å². The number of para-hydroxylation sites is 1. The highest BCUT2D eigenvalue weighted by atomic mass is 32.2.